The van der Waals surface area contributed by atoms with Crippen LogP contribution in [0.3, 0.4) is 0 Å². The van der Waals surface area contributed by atoms with Gasteiger partial charge in [-0.2, -0.15) is 0 Å². The molecule has 0 N–H and O–H groups in total. The van der Waals surface area contributed by atoms with Crippen molar-refractivity contribution in [1.29, 1.82) is 0 Å². The molecule has 0 saturated carbocycles. The van der Waals surface area contributed by atoms with E-state index in [1.165, 1.54) is 29.6 Å². The van der Waals surface area contributed by atoms with Gasteiger partial charge in [-0.25, -0.2) is 4.98 Å². The second-order valence-corrected chi connectivity index (χ2v) is 7.48. The molecule has 3 rings (SSSR count). The Morgan fingerprint density at radius 1 is 1.00 bits per heavy atom. The van der Waals surface area contributed by atoms with Gasteiger partial charge in [0.1, 0.15) is 0 Å². The number of nitrogens with zero attached hydrogens (tertiary/aromatic N) is 2. The molecule has 0 aliphatic carbocycles. The number of thiazole rings is 1. The van der Waals surface area contributed by atoms with E-state index in [4.69, 9.17) is 4.98 Å². The summed E-state index contributed by atoms with van der Waals surface area (Å²) in [7, 11) is 0. The van der Waals surface area contributed by atoms with Crippen molar-refractivity contribution in [2.75, 3.05) is 10.8 Å². The van der Waals surface area contributed by atoms with E-state index in [1.54, 1.807) is 23.3 Å². The first-order chi connectivity index (χ1) is 10.9. The van der Waals surface area contributed by atoms with Crippen molar-refractivity contribution in [3.63, 3.8) is 0 Å². The quantitative estimate of drug-likeness (QED) is 0.391. The molecule has 0 aliphatic heterocycles. The molecule has 0 fully saturated rings. The molecule has 1 aromatic heterocycles. The Labute approximate surface area is 140 Å². The summed E-state index contributed by atoms with van der Waals surface area (Å²) in [6.45, 7) is 3.30. The van der Waals surface area contributed by atoms with Crippen LogP contribution >= 0.6 is 23.3 Å². The predicted octanol–water partition coefficient (Wildman–Crippen LogP) is 6.00. The van der Waals surface area contributed by atoms with E-state index in [1.807, 2.05) is 6.07 Å². The Morgan fingerprint density at radius 2 is 1.77 bits per heavy atom. The van der Waals surface area contributed by atoms with E-state index < -0.39 is 0 Å². The number of unbranched alkanes of at least 4 members (excludes halogenated alkanes) is 2. The third-order valence-electron chi connectivity index (χ3n) is 3.47. The lowest BCUT2D eigenvalue weighted by Gasteiger charge is -2.21. The normalized spacial score (nSPS) is 11.0. The van der Waals surface area contributed by atoms with Crippen LogP contribution in [0.25, 0.3) is 10.2 Å². The van der Waals surface area contributed by atoms with Crippen LogP contribution < -0.4 is 4.31 Å². The van der Waals surface area contributed by atoms with Gasteiger partial charge in [0.2, 0.25) is 0 Å². The van der Waals surface area contributed by atoms with Crippen molar-refractivity contribution < 1.29 is 0 Å². The maximum absolute atomic E-state index is 4.75. The zero-order valence-corrected chi connectivity index (χ0v) is 14.4. The van der Waals surface area contributed by atoms with E-state index in [9.17, 15) is 0 Å². The first-order valence-corrected chi connectivity index (χ1v) is 9.32. The molecule has 22 heavy (non-hydrogen) atoms. The van der Waals surface area contributed by atoms with Gasteiger partial charge in [0.15, 0.2) is 4.34 Å². The van der Waals surface area contributed by atoms with Gasteiger partial charge in [0, 0.05) is 24.2 Å². The maximum atomic E-state index is 4.75. The van der Waals surface area contributed by atoms with Gasteiger partial charge in [0.25, 0.3) is 0 Å². The number of fused-ring (bicyclic) bond motifs is 1. The van der Waals surface area contributed by atoms with Crippen LogP contribution in [0.4, 0.5) is 5.69 Å². The van der Waals surface area contributed by atoms with Crippen molar-refractivity contribution in [2.45, 2.75) is 30.5 Å². The predicted molar refractivity (Wildman–Crippen MR) is 98.8 cm³/mol. The van der Waals surface area contributed by atoms with Crippen molar-refractivity contribution in [2.24, 2.45) is 0 Å². The maximum Gasteiger partial charge on any atom is 0.171 e. The molecule has 0 amide bonds. The van der Waals surface area contributed by atoms with Crippen LogP contribution in [0, 0.1) is 0 Å². The fraction of sp³-hybridized carbons (Fsp3) is 0.278. The van der Waals surface area contributed by atoms with E-state index >= 15 is 0 Å². The van der Waals surface area contributed by atoms with Gasteiger partial charge in [-0.05, 0) is 30.7 Å². The number of anilines is 1. The molecule has 0 atom stereocenters. The second kappa shape index (κ2) is 7.65. The minimum atomic E-state index is 1.05. The number of rotatable bonds is 7. The van der Waals surface area contributed by atoms with E-state index in [0.29, 0.717) is 0 Å². The minimum Gasteiger partial charge on any atom is -0.310 e. The molecule has 0 radical (unpaired) electrons. The van der Waals surface area contributed by atoms with Gasteiger partial charge >= 0.3 is 0 Å². The number of aromatic nitrogens is 1. The largest absolute Gasteiger partial charge is 0.310 e. The van der Waals surface area contributed by atoms with Crippen molar-refractivity contribution in [3.8, 4) is 0 Å². The summed E-state index contributed by atoms with van der Waals surface area (Å²) in [4.78, 5) is 4.75. The molecule has 0 saturated heterocycles. The molecule has 3 aromatic rings. The Morgan fingerprint density at radius 3 is 2.55 bits per heavy atom. The minimum absolute atomic E-state index is 1.05. The summed E-state index contributed by atoms with van der Waals surface area (Å²) in [5, 5.41) is 0. The summed E-state index contributed by atoms with van der Waals surface area (Å²) < 4.78 is 4.74. The number of para-hydroxylation sites is 2. The van der Waals surface area contributed by atoms with Crippen LogP contribution in [0.5, 0.6) is 0 Å². The molecule has 2 aromatic carbocycles. The molecule has 2 nitrogen and oxygen atoms in total. The summed E-state index contributed by atoms with van der Waals surface area (Å²) in [6, 6.07) is 19.0. The van der Waals surface area contributed by atoms with Crippen LogP contribution in [0.2, 0.25) is 0 Å². The lowest BCUT2D eigenvalue weighted by Crippen LogP contribution is -2.15. The lowest BCUT2D eigenvalue weighted by atomic mass is 10.2. The van der Waals surface area contributed by atoms with Crippen LogP contribution in [0.1, 0.15) is 26.2 Å². The van der Waals surface area contributed by atoms with Crippen LogP contribution in [0.15, 0.2) is 58.9 Å². The SMILES string of the molecule is CCCCCN(Sc1nc2ccccc2s1)c1ccccc1. The topological polar surface area (TPSA) is 16.1 Å². The highest BCUT2D eigenvalue weighted by Crippen LogP contribution is 2.34. The summed E-state index contributed by atoms with van der Waals surface area (Å²) in [6.07, 6.45) is 3.72. The highest BCUT2D eigenvalue weighted by Gasteiger charge is 2.11. The van der Waals surface area contributed by atoms with Gasteiger partial charge < -0.3 is 4.31 Å². The summed E-state index contributed by atoms with van der Waals surface area (Å²) >= 11 is 3.53. The van der Waals surface area contributed by atoms with Gasteiger partial charge in [-0.3, -0.25) is 0 Å². The third-order valence-corrected chi connectivity index (χ3v) is 5.64. The fourth-order valence-electron chi connectivity index (χ4n) is 2.31. The summed E-state index contributed by atoms with van der Waals surface area (Å²) in [5.74, 6) is 0. The Kier molecular flexibility index (Phi) is 5.35. The average molecular weight is 329 g/mol. The molecular weight excluding hydrogens is 308 g/mol. The fourth-order valence-corrected chi connectivity index (χ4v) is 4.47. The third kappa shape index (κ3) is 3.81. The zero-order valence-electron chi connectivity index (χ0n) is 12.7. The van der Waals surface area contributed by atoms with Crippen LogP contribution in [-0.2, 0) is 0 Å². The molecule has 0 unspecified atom stereocenters. The molecule has 0 spiro atoms. The Balaban J connectivity index is 1.79. The highest BCUT2D eigenvalue weighted by atomic mass is 32.2. The molecule has 114 valence electrons. The van der Waals surface area contributed by atoms with E-state index in [-0.39, 0.29) is 0 Å². The molecular formula is C18H20N2S2. The van der Waals surface area contributed by atoms with Gasteiger partial charge in [0.05, 0.1) is 10.2 Å². The van der Waals surface area contributed by atoms with Crippen LogP contribution in [-0.4, -0.2) is 11.5 Å². The molecule has 0 aliphatic rings. The number of hydrogen-bond acceptors (Lipinski definition) is 4. The molecule has 4 heteroatoms. The monoisotopic (exact) mass is 328 g/mol. The second-order valence-electron chi connectivity index (χ2n) is 5.18. The molecule has 0 bridgehead atoms. The Hall–Kier alpha value is -1.52. The van der Waals surface area contributed by atoms with Crippen molar-refractivity contribution >= 4 is 39.2 Å². The van der Waals surface area contributed by atoms with Crippen molar-refractivity contribution in [3.05, 3.63) is 54.6 Å². The first kappa shape index (κ1) is 15.4. The van der Waals surface area contributed by atoms with E-state index in [2.05, 4.69) is 59.8 Å². The molecule has 1 heterocycles. The highest BCUT2D eigenvalue weighted by molar-refractivity contribution is 8.02. The zero-order chi connectivity index (χ0) is 15.2. The smallest absolute Gasteiger partial charge is 0.171 e. The van der Waals surface area contributed by atoms with Gasteiger partial charge in [-0.1, -0.05) is 50.1 Å². The van der Waals surface area contributed by atoms with Gasteiger partial charge in [-0.15, -0.1) is 11.3 Å². The first-order valence-electron chi connectivity index (χ1n) is 7.73. The summed E-state index contributed by atoms with van der Waals surface area (Å²) in [5.41, 5.74) is 2.35. The van der Waals surface area contributed by atoms with Crippen molar-refractivity contribution in [1.82, 2.24) is 4.98 Å². The number of hydrogen-bond donors (Lipinski definition) is 0. The standard InChI is InChI=1S/C18H20N2S2/c1-2-3-9-14-20(15-10-5-4-6-11-15)22-18-19-16-12-7-8-13-17(16)21-18/h4-8,10-13H,2-3,9,14H2,1H3. The lowest BCUT2D eigenvalue weighted by molar-refractivity contribution is 0.729. The van der Waals surface area contributed by atoms with E-state index in [0.717, 1.165) is 16.4 Å². The Bertz CT molecular complexity index is 676. The number of benzene rings is 2. The average Bonchev–Trinajstić information content (AvgIpc) is 2.97.